The number of amides is 1. The first-order valence-corrected chi connectivity index (χ1v) is 6.08. The second kappa shape index (κ2) is 4.26. The van der Waals surface area contributed by atoms with Crippen molar-refractivity contribution in [2.24, 2.45) is 0 Å². The molecule has 0 spiro atoms. The van der Waals surface area contributed by atoms with Crippen LogP contribution in [0.1, 0.15) is 16.8 Å². The molecule has 0 bridgehead atoms. The predicted molar refractivity (Wildman–Crippen MR) is 66.3 cm³/mol. The molecule has 1 fully saturated rings. The lowest BCUT2D eigenvalue weighted by Gasteiger charge is -2.27. The molecule has 0 aliphatic carbocycles. The van der Waals surface area contributed by atoms with E-state index in [0.717, 1.165) is 5.69 Å². The van der Waals surface area contributed by atoms with Crippen LogP contribution in [0.15, 0.2) is 24.3 Å². The summed E-state index contributed by atoms with van der Waals surface area (Å²) in [4.78, 5) is 14.2. The maximum atomic E-state index is 12.4. The van der Waals surface area contributed by atoms with Crippen LogP contribution in [-0.4, -0.2) is 47.9 Å². The monoisotopic (exact) mass is 248 g/mol. The van der Waals surface area contributed by atoms with Crippen LogP contribution < -0.4 is 5.32 Å². The summed E-state index contributed by atoms with van der Waals surface area (Å²) in [7, 11) is 1.61. The number of hydrogen-bond donors (Lipinski definition) is 2. The zero-order chi connectivity index (χ0) is 12.7. The number of nitrogens with zero attached hydrogens (tertiary/aromatic N) is 1. The summed E-state index contributed by atoms with van der Waals surface area (Å²) in [6.45, 7) is 0.374. The van der Waals surface area contributed by atoms with Gasteiger partial charge in [0, 0.05) is 19.3 Å². The van der Waals surface area contributed by atoms with Crippen LogP contribution in [0.2, 0.25) is 0 Å². The first-order chi connectivity index (χ1) is 8.70. The molecule has 0 aromatic heterocycles. The Kier molecular flexibility index (Phi) is 2.72. The van der Waals surface area contributed by atoms with Gasteiger partial charge >= 0.3 is 0 Å². The molecule has 5 heteroatoms. The number of aliphatic hydroxyl groups excluding tert-OH is 1. The van der Waals surface area contributed by atoms with Gasteiger partial charge in [0.1, 0.15) is 6.23 Å². The summed E-state index contributed by atoms with van der Waals surface area (Å²) < 4.78 is 5.42. The Morgan fingerprint density at radius 2 is 2.22 bits per heavy atom. The van der Waals surface area contributed by atoms with Gasteiger partial charge in [-0.2, -0.15) is 0 Å². The average Bonchev–Trinajstić information content (AvgIpc) is 2.73. The second-order valence-corrected chi connectivity index (χ2v) is 4.76. The minimum absolute atomic E-state index is 0.0424. The molecule has 1 aromatic carbocycles. The highest BCUT2D eigenvalue weighted by Gasteiger charge is 2.42. The molecule has 96 valence electrons. The zero-order valence-corrected chi connectivity index (χ0v) is 10.2. The largest absolute Gasteiger partial charge is 0.391 e. The van der Waals surface area contributed by atoms with Gasteiger partial charge in [0.2, 0.25) is 0 Å². The third-order valence-corrected chi connectivity index (χ3v) is 3.64. The summed E-state index contributed by atoms with van der Waals surface area (Å²) in [5, 5.41) is 13.0. The van der Waals surface area contributed by atoms with Crippen LogP contribution in [-0.2, 0) is 4.74 Å². The number of fused-ring (bicyclic) bond motifs is 2. The number of anilines is 1. The quantitative estimate of drug-likeness (QED) is 0.766. The molecule has 0 saturated carbocycles. The molecule has 3 atom stereocenters. The van der Waals surface area contributed by atoms with Gasteiger partial charge in [0.05, 0.1) is 17.7 Å². The molecule has 2 N–H and O–H groups in total. The summed E-state index contributed by atoms with van der Waals surface area (Å²) in [5.74, 6) is -0.0424. The van der Waals surface area contributed by atoms with E-state index in [1.54, 1.807) is 18.1 Å². The molecule has 3 rings (SSSR count). The molecular weight excluding hydrogens is 232 g/mol. The lowest BCUT2D eigenvalue weighted by atomic mass is 10.1. The maximum absolute atomic E-state index is 12.4. The fourth-order valence-corrected chi connectivity index (χ4v) is 2.78. The molecule has 2 aliphatic rings. The summed E-state index contributed by atoms with van der Waals surface area (Å²) in [6.07, 6.45) is -0.205. The van der Waals surface area contributed by atoms with E-state index in [1.165, 1.54) is 0 Å². The van der Waals surface area contributed by atoms with Gasteiger partial charge in [-0.1, -0.05) is 12.1 Å². The smallest absolute Gasteiger partial charge is 0.256 e. The average molecular weight is 248 g/mol. The SMILES string of the molecule is CO[C@@H]1Nc2ccccc2C(=O)N2C[C@@H](O)C[C@@H]12. The topological polar surface area (TPSA) is 61.8 Å². The normalized spacial score (nSPS) is 30.4. The number of ether oxygens (including phenoxy) is 1. The molecule has 0 radical (unpaired) electrons. The van der Waals surface area contributed by atoms with Crippen molar-refractivity contribution >= 4 is 11.6 Å². The second-order valence-electron chi connectivity index (χ2n) is 4.76. The highest BCUT2D eigenvalue weighted by Crippen LogP contribution is 2.31. The lowest BCUT2D eigenvalue weighted by Crippen LogP contribution is -2.44. The lowest BCUT2D eigenvalue weighted by molar-refractivity contribution is 0.0420. The van der Waals surface area contributed by atoms with Crippen molar-refractivity contribution in [3.8, 4) is 0 Å². The Morgan fingerprint density at radius 1 is 1.44 bits per heavy atom. The van der Waals surface area contributed by atoms with E-state index in [4.69, 9.17) is 4.74 Å². The van der Waals surface area contributed by atoms with Crippen molar-refractivity contribution in [3.05, 3.63) is 29.8 Å². The van der Waals surface area contributed by atoms with Gasteiger partial charge in [-0.15, -0.1) is 0 Å². The number of rotatable bonds is 1. The summed E-state index contributed by atoms with van der Waals surface area (Å²) in [6, 6.07) is 7.27. The van der Waals surface area contributed by atoms with Crippen LogP contribution in [0.4, 0.5) is 5.69 Å². The van der Waals surface area contributed by atoms with Crippen LogP contribution in [0.5, 0.6) is 0 Å². The van der Waals surface area contributed by atoms with Crippen molar-refractivity contribution in [2.45, 2.75) is 24.8 Å². The number of carbonyl (C=O) groups excluding carboxylic acids is 1. The number of carbonyl (C=O) groups is 1. The van der Waals surface area contributed by atoms with E-state index >= 15 is 0 Å². The van der Waals surface area contributed by atoms with Crippen molar-refractivity contribution in [1.29, 1.82) is 0 Å². The molecule has 1 amide bonds. The number of hydrogen-bond acceptors (Lipinski definition) is 4. The highest BCUT2D eigenvalue weighted by molar-refractivity contribution is 6.00. The van der Waals surface area contributed by atoms with Gasteiger partial charge in [-0.25, -0.2) is 0 Å². The number of benzene rings is 1. The Morgan fingerprint density at radius 3 is 3.00 bits per heavy atom. The highest BCUT2D eigenvalue weighted by atomic mass is 16.5. The van der Waals surface area contributed by atoms with E-state index in [-0.39, 0.29) is 18.2 Å². The van der Waals surface area contributed by atoms with Crippen LogP contribution in [0, 0.1) is 0 Å². The van der Waals surface area contributed by atoms with Gasteiger partial charge in [0.25, 0.3) is 5.91 Å². The Labute approximate surface area is 105 Å². The molecule has 2 heterocycles. The van der Waals surface area contributed by atoms with Crippen LogP contribution >= 0.6 is 0 Å². The number of para-hydroxylation sites is 1. The van der Waals surface area contributed by atoms with E-state index < -0.39 is 6.10 Å². The van der Waals surface area contributed by atoms with Crippen molar-refractivity contribution in [3.63, 3.8) is 0 Å². The molecular formula is C13H16N2O3. The molecule has 1 aromatic rings. The molecule has 1 saturated heterocycles. The molecule has 18 heavy (non-hydrogen) atoms. The van der Waals surface area contributed by atoms with Crippen molar-refractivity contribution < 1.29 is 14.6 Å². The number of aliphatic hydroxyl groups is 1. The van der Waals surface area contributed by atoms with E-state index in [0.29, 0.717) is 18.5 Å². The third-order valence-electron chi connectivity index (χ3n) is 3.64. The molecule has 0 unspecified atom stereocenters. The maximum Gasteiger partial charge on any atom is 0.256 e. The first-order valence-electron chi connectivity index (χ1n) is 6.08. The van der Waals surface area contributed by atoms with E-state index in [2.05, 4.69) is 5.32 Å². The molecule has 5 nitrogen and oxygen atoms in total. The number of methoxy groups -OCH3 is 1. The van der Waals surface area contributed by atoms with Gasteiger partial charge < -0.3 is 20.1 Å². The minimum atomic E-state index is -0.469. The van der Waals surface area contributed by atoms with Gasteiger partial charge in [0.15, 0.2) is 0 Å². The number of nitrogens with one attached hydrogen (secondary N) is 1. The van der Waals surface area contributed by atoms with E-state index in [9.17, 15) is 9.90 Å². The Balaban J connectivity index is 2.04. The van der Waals surface area contributed by atoms with Crippen LogP contribution in [0.3, 0.4) is 0 Å². The molecule has 2 aliphatic heterocycles. The minimum Gasteiger partial charge on any atom is -0.391 e. The fourth-order valence-electron chi connectivity index (χ4n) is 2.78. The van der Waals surface area contributed by atoms with Crippen molar-refractivity contribution in [2.75, 3.05) is 19.0 Å². The Bertz CT molecular complexity index is 477. The summed E-state index contributed by atoms with van der Waals surface area (Å²) >= 11 is 0. The Hall–Kier alpha value is -1.59. The standard InChI is InChI=1S/C13H16N2O3/c1-18-12-11-6-8(16)7-15(11)13(17)9-4-2-3-5-10(9)14-12/h2-5,8,11-12,14,16H,6-7H2,1H3/t8-,11-,12-/m0/s1. The van der Waals surface area contributed by atoms with Gasteiger partial charge in [-0.3, -0.25) is 4.79 Å². The first kappa shape index (κ1) is 11.5. The predicted octanol–water partition coefficient (Wildman–Crippen LogP) is 0.660. The van der Waals surface area contributed by atoms with Gasteiger partial charge in [-0.05, 0) is 18.6 Å². The third kappa shape index (κ3) is 1.67. The zero-order valence-electron chi connectivity index (χ0n) is 10.2. The fraction of sp³-hybridized carbons (Fsp3) is 0.462. The summed E-state index contributed by atoms with van der Waals surface area (Å²) in [5.41, 5.74) is 1.43. The van der Waals surface area contributed by atoms with E-state index in [1.807, 2.05) is 18.2 Å². The van der Waals surface area contributed by atoms with Crippen LogP contribution in [0.25, 0.3) is 0 Å². The van der Waals surface area contributed by atoms with Crippen molar-refractivity contribution in [1.82, 2.24) is 4.90 Å².